The van der Waals surface area contributed by atoms with Crippen molar-refractivity contribution in [2.24, 2.45) is 0 Å². The van der Waals surface area contributed by atoms with E-state index in [1.807, 2.05) is 19.1 Å². The van der Waals surface area contributed by atoms with Crippen LogP contribution in [0, 0.1) is 5.82 Å². The standard InChI is InChI=1S/C30H40FN3O2/c1-2-28(35)33-27-9-6-8-24(22-27)23-14-20-34(21-15-23)19-7-18-32-29(36)30(16-4-3-5-17-30)25-10-12-26(31)13-11-25/h6,8-13,22-23H,2-5,7,14-21H2,1H3,(H,32,36)(H,33,35). The Balaban J connectivity index is 1.23. The summed E-state index contributed by atoms with van der Waals surface area (Å²) in [6, 6.07) is 14.8. The normalized spacial score (nSPS) is 18.5. The van der Waals surface area contributed by atoms with E-state index in [0.717, 1.165) is 82.3 Å². The third-order valence-electron chi connectivity index (χ3n) is 8.03. The van der Waals surface area contributed by atoms with Gasteiger partial charge in [0.1, 0.15) is 5.82 Å². The highest BCUT2D eigenvalue weighted by molar-refractivity contribution is 5.90. The Morgan fingerprint density at radius 1 is 1.03 bits per heavy atom. The van der Waals surface area contributed by atoms with Gasteiger partial charge in [0, 0.05) is 18.7 Å². The molecule has 1 saturated carbocycles. The summed E-state index contributed by atoms with van der Waals surface area (Å²) in [5.74, 6) is 0.398. The summed E-state index contributed by atoms with van der Waals surface area (Å²) in [5, 5.41) is 6.18. The zero-order valence-corrected chi connectivity index (χ0v) is 21.5. The average molecular weight is 494 g/mol. The van der Waals surface area contributed by atoms with Crippen molar-refractivity contribution in [2.75, 3.05) is 31.5 Å². The first-order valence-electron chi connectivity index (χ1n) is 13.7. The van der Waals surface area contributed by atoms with E-state index in [9.17, 15) is 14.0 Å². The number of carbonyl (C=O) groups is 2. The molecule has 1 heterocycles. The number of halogens is 1. The largest absolute Gasteiger partial charge is 0.355 e. The molecule has 0 spiro atoms. The molecule has 1 aliphatic heterocycles. The molecule has 194 valence electrons. The molecule has 2 aliphatic rings. The van der Waals surface area contributed by atoms with Crippen LogP contribution in [0.25, 0.3) is 0 Å². The first-order chi connectivity index (χ1) is 17.5. The molecule has 5 nitrogen and oxygen atoms in total. The predicted molar refractivity (Wildman–Crippen MR) is 143 cm³/mol. The van der Waals surface area contributed by atoms with Crippen molar-refractivity contribution in [1.82, 2.24) is 10.2 Å². The number of hydrogen-bond acceptors (Lipinski definition) is 3. The molecule has 2 aromatic rings. The summed E-state index contributed by atoms with van der Waals surface area (Å²) < 4.78 is 13.5. The van der Waals surface area contributed by atoms with Gasteiger partial charge in [0.15, 0.2) is 0 Å². The minimum atomic E-state index is -0.518. The van der Waals surface area contributed by atoms with Gasteiger partial charge in [-0.05, 0) is 93.0 Å². The van der Waals surface area contributed by atoms with Crippen molar-refractivity contribution >= 4 is 17.5 Å². The molecule has 0 unspecified atom stereocenters. The number of rotatable bonds is 9. The van der Waals surface area contributed by atoms with Gasteiger partial charge in [-0.2, -0.15) is 0 Å². The Hall–Kier alpha value is -2.73. The smallest absolute Gasteiger partial charge is 0.230 e. The van der Waals surface area contributed by atoms with Crippen molar-refractivity contribution in [3.05, 3.63) is 65.5 Å². The molecule has 2 aromatic carbocycles. The summed E-state index contributed by atoms with van der Waals surface area (Å²) in [7, 11) is 0. The van der Waals surface area contributed by atoms with Gasteiger partial charge in [-0.15, -0.1) is 0 Å². The lowest BCUT2D eigenvalue weighted by atomic mass is 9.68. The molecule has 0 bridgehead atoms. The van der Waals surface area contributed by atoms with Crippen molar-refractivity contribution in [3.8, 4) is 0 Å². The SMILES string of the molecule is CCC(=O)Nc1cccc(C2CCN(CCCNC(=O)C3(c4ccc(F)cc4)CCCCC3)CC2)c1. The second-order valence-corrected chi connectivity index (χ2v) is 10.4. The maximum absolute atomic E-state index is 13.5. The van der Waals surface area contributed by atoms with Gasteiger partial charge in [-0.1, -0.05) is 50.5 Å². The van der Waals surface area contributed by atoms with Crippen molar-refractivity contribution in [2.45, 2.75) is 76.0 Å². The Kier molecular flexibility index (Phi) is 9.13. The van der Waals surface area contributed by atoms with Crippen LogP contribution < -0.4 is 10.6 Å². The highest BCUT2D eigenvalue weighted by atomic mass is 19.1. The number of likely N-dealkylation sites (tertiary alicyclic amines) is 1. The third-order valence-corrected chi connectivity index (χ3v) is 8.03. The number of amides is 2. The number of anilines is 1. The second-order valence-electron chi connectivity index (χ2n) is 10.4. The van der Waals surface area contributed by atoms with Crippen LogP contribution in [0.5, 0.6) is 0 Å². The Labute approximate surface area is 214 Å². The van der Waals surface area contributed by atoms with Gasteiger partial charge in [0.2, 0.25) is 11.8 Å². The van der Waals surface area contributed by atoms with E-state index >= 15 is 0 Å². The quantitative estimate of drug-likeness (QED) is 0.437. The minimum absolute atomic E-state index is 0.0427. The second kappa shape index (κ2) is 12.5. The summed E-state index contributed by atoms with van der Waals surface area (Å²) in [5.41, 5.74) is 2.61. The van der Waals surface area contributed by atoms with Gasteiger partial charge in [0.25, 0.3) is 0 Å². The molecule has 0 radical (unpaired) electrons. The van der Waals surface area contributed by atoms with Gasteiger partial charge < -0.3 is 15.5 Å². The van der Waals surface area contributed by atoms with Crippen molar-refractivity contribution < 1.29 is 14.0 Å². The van der Waals surface area contributed by atoms with Crippen LogP contribution in [-0.2, 0) is 15.0 Å². The van der Waals surface area contributed by atoms with Crippen LogP contribution in [0.3, 0.4) is 0 Å². The molecule has 4 rings (SSSR count). The monoisotopic (exact) mass is 493 g/mol. The Morgan fingerprint density at radius 2 is 1.75 bits per heavy atom. The maximum Gasteiger partial charge on any atom is 0.230 e. The van der Waals surface area contributed by atoms with Crippen LogP contribution in [0.1, 0.15) is 81.8 Å². The maximum atomic E-state index is 13.5. The molecule has 0 atom stereocenters. The van der Waals surface area contributed by atoms with Crippen LogP contribution >= 0.6 is 0 Å². The highest BCUT2D eigenvalue weighted by Crippen LogP contribution is 2.40. The fraction of sp³-hybridized carbons (Fsp3) is 0.533. The molecule has 1 aliphatic carbocycles. The number of benzene rings is 2. The van der Waals surface area contributed by atoms with Gasteiger partial charge in [-0.3, -0.25) is 9.59 Å². The lowest BCUT2D eigenvalue weighted by molar-refractivity contribution is -0.128. The van der Waals surface area contributed by atoms with Crippen LogP contribution in [-0.4, -0.2) is 42.9 Å². The van der Waals surface area contributed by atoms with E-state index < -0.39 is 5.41 Å². The first kappa shape index (κ1) is 26.3. The minimum Gasteiger partial charge on any atom is -0.355 e. The average Bonchev–Trinajstić information content (AvgIpc) is 2.92. The number of piperidine rings is 1. The predicted octanol–water partition coefficient (Wildman–Crippen LogP) is 5.76. The van der Waals surface area contributed by atoms with E-state index in [1.54, 1.807) is 12.1 Å². The van der Waals surface area contributed by atoms with Crippen molar-refractivity contribution in [3.63, 3.8) is 0 Å². The molecule has 6 heteroatoms. The summed E-state index contributed by atoms with van der Waals surface area (Å²) in [6.45, 7) is 5.59. The van der Waals surface area contributed by atoms with Gasteiger partial charge in [0.05, 0.1) is 5.41 Å². The van der Waals surface area contributed by atoms with E-state index in [4.69, 9.17) is 0 Å². The lowest BCUT2D eigenvalue weighted by Crippen LogP contribution is -2.46. The summed E-state index contributed by atoms with van der Waals surface area (Å²) >= 11 is 0. The van der Waals surface area contributed by atoms with Crippen LogP contribution in [0.4, 0.5) is 10.1 Å². The molecule has 0 aromatic heterocycles. The molecular formula is C30H40FN3O2. The van der Waals surface area contributed by atoms with E-state index in [-0.39, 0.29) is 17.6 Å². The molecule has 2 fully saturated rings. The Morgan fingerprint density at radius 3 is 2.44 bits per heavy atom. The van der Waals surface area contributed by atoms with Crippen LogP contribution in [0.2, 0.25) is 0 Å². The van der Waals surface area contributed by atoms with E-state index in [2.05, 4.69) is 27.7 Å². The lowest BCUT2D eigenvalue weighted by Gasteiger charge is -2.36. The molecular weight excluding hydrogens is 453 g/mol. The van der Waals surface area contributed by atoms with Gasteiger partial charge >= 0.3 is 0 Å². The zero-order chi connectivity index (χ0) is 25.4. The molecule has 2 N–H and O–H groups in total. The third kappa shape index (κ3) is 6.52. The number of carbonyl (C=O) groups excluding carboxylic acids is 2. The van der Waals surface area contributed by atoms with E-state index in [1.165, 1.54) is 17.7 Å². The fourth-order valence-corrected chi connectivity index (χ4v) is 5.85. The Bertz CT molecular complexity index is 1010. The van der Waals surface area contributed by atoms with Crippen molar-refractivity contribution in [1.29, 1.82) is 0 Å². The molecule has 36 heavy (non-hydrogen) atoms. The molecule has 2 amide bonds. The number of hydrogen-bond donors (Lipinski definition) is 2. The van der Waals surface area contributed by atoms with Gasteiger partial charge in [-0.25, -0.2) is 4.39 Å². The fourth-order valence-electron chi connectivity index (χ4n) is 5.85. The first-order valence-corrected chi connectivity index (χ1v) is 13.7. The topological polar surface area (TPSA) is 61.4 Å². The summed E-state index contributed by atoms with van der Waals surface area (Å²) in [4.78, 5) is 27.5. The summed E-state index contributed by atoms with van der Waals surface area (Å²) in [6.07, 6.45) is 8.51. The highest BCUT2D eigenvalue weighted by Gasteiger charge is 2.40. The zero-order valence-electron chi connectivity index (χ0n) is 21.5. The number of nitrogens with zero attached hydrogens (tertiary/aromatic N) is 1. The van der Waals surface area contributed by atoms with E-state index in [0.29, 0.717) is 18.9 Å². The van der Waals surface area contributed by atoms with Crippen LogP contribution in [0.15, 0.2) is 48.5 Å². The number of nitrogens with one attached hydrogen (secondary N) is 2. The molecule has 1 saturated heterocycles.